The molecule has 0 aliphatic rings. The van der Waals surface area contributed by atoms with E-state index < -0.39 is 0 Å². The molecule has 0 atom stereocenters. The van der Waals surface area contributed by atoms with Crippen LogP contribution < -0.4 is 4.90 Å². The highest BCUT2D eigenvalue weighted by Gasteiger charge is 2.18. The Morgan fingerprint density at radius 2 is 2.09 bits per heavy atom. The number of anilines is 1. The maximum absolute atomic E-state index is 12.5. The van der Waals surface area contributed by atoms with E-state index in [-0.39, 0.29) is 12.2 Å². The Hall–Kier alpha value is -2.76. The Balaban J connectivity index is 1.99. The van der Waals surface area contributed by atoms with E-state index in [1.54, 1.807) is 24.1 Å². The lowest BCUT2D eigenvalue weighted by Gasteiger charge is -2.10. The Morgan fingerprint density at radius 1 is 1.27 bits per heavy atom. The van der Waals surface area contributed by atoms with Crippen LogP contribution in [0.3, 0.4) is 0 Å². The summed E-state index contributed by atoms with van der Waals surface area (Å²) in [5, 5.41) is 5.13. The SMILES string of the molecule is CN(C)c1ccc2c(C(=O)Cc3cccnc3)nn(C)c2n1. The zero-order chi connectivity index (χ0) is 15.7. The summed E-state index contributed by atoms with van der Waals surface area (Å²) in [6.07, 6.45) is 3.68. The maximum Gasteiger partial charge on any atom is 0.188 e. The van der Waals surface area contributed by atoms with Gasteiger partial charge in [-0.3, -0.25) is 9.78 Å². The summed E-state index contributed by atoms with van der Waals surface area (Å²) in [6.45, 7) is 0. The molecule has 6 nitrogen and oxygen atoms in total. The summed E-state index contributed by atoms with van der Waals surface area (Å²) in [5.74, 6) is 0.805. The molecule has 112 valence electrons. The minimum Gasteiger partial charge on any atom is -0.363 e. The molecule has 0 aromatic carbocycles. The monoisotopic (exact) mass is 295 g/mol. The largest absolute Gasteiger partial charge is 0.363 e. The number of Topliss-reactive ketones (excluding diaryl/α,β-unsaturated/α-hetero) is 1. The first kappa shape index (κ1) is 14.2. The van der Waals surface area contributed by atoms with Crippen molar-refractivity contribution in [3.05, 3.63) is 47.9 Å². The van der Waals surface area contributed by atoms with Gasteiger partial charge in [0.25, 0.3) is 0 Å². The van der Waals surface area contributed by atoms with Crippen LogP contribution in [-0.2, 0) is 13.5 Å². The van der Waals surface area contributed by atoms with Crippen molar-refractivity contribution in [1.82, 2.24) is 19.7 Å². The van der Waals surface area contributed by atoms with Crippen LogP contribution in [0.15, 0.2) is 36.7 Å². The number of carbonyl (C=O) groups excluding carboxylic acids is 1. The van der Waals surface area contributed by atoms with Crippen molar-refractivity contribution >= 4 is 22.6 Å². The molecule has 3 heterocycles. The van der Waals surface area contributed by atoms with Gasteiger partial charge in [0.05, 0.1) is 5.39 Å². The average molecular weight is 295 g/mol. The highest BCUT2D eigenvalue weighted by molar-refractivity contribution is 6.06. The lowest BCUT2D eigenvalue weighted by molar-refractivity contribution is 0.0989. The highest BCUT2D eigenvalue weighted by atomic mass is 16.1. The van der Waals surface area contributed by atoms with E-state index in [4.69, 9.17) is 0 Å². The van der Waals surface area contributed by atoms with Crippen molar-refractivity contribution in [2.75, 3.05) is 19.0 Å². The maximum atomic E-state index is 12.5. The molecule has 0 fully saturated rings. The lowest BCUT2D eigenvalue weighted by Crippen LogP contribution is -2.10. The molecule has 0 spiro atoms. The summed E-state index contributed by atoms with van der Waals surface area (Å²) < 4.78 is 1.65. The van der Waals surface area contributed by atoms with E-state index in [0.717, 1.165) is 16.8 Å². The van der Waals surface area contributed by atoms with Gasteiger partial charge in [0.15, 0.2) is 11.4 Å². The van der Waals surface area contributed by atoms with Crippen molar-refractivity contribution in [3.63, 3.8) is 0 Å². The minimum atomic E-state index is -0.0296. The molecular weight excluding hydrogens is 278 g/mol. The molecule has 0 aliphatic carbocycles. The first-order valence-electron chi connectivity index (χ1n) is 6.99. The fraction of sp³-hybridized carbons (Fsp3) is 0.250. The molecule has 0 N–H and O–H groups in total. The summed E-state index contributed by atoms with van der Waals surface area (Å²) in [5.41, 5.74) is 2.05. The van der Waals surface area contributed by atoms with Crippen molar-refractivity contribution < 1.29 is 4.79 Å². The summed E-state index contributed by atoms with van der Waals surface area (Å²) in [6, 6.07) is 7.51. The number of hydrogen-bond donors (Lipinski definition) is 0. The standard InChI is InChI=1S/C16H17N5O/c1-20(2)14-7-6-12-15(19-21(3)16(12)18-14)13(22)9-11-5-4-8-17-10-11/h4-8,10H,9H2,1-3H3. The fourth-order valence-corrected chi connectivity index (χ4v) is 2.35. The Bertz CT molecular complexity index is 823. The smallest absolute Gasteiger partial charge is 0.188 e. The minimum absolute atomic E-state index is 0.0296. The molecule has 0 saturated carbocycles. The predicted octanol–water partition coefficient (Wildman–Crippen LogP) is 1.85. The molecule has 0 unspecified atom stereocenters. The van der Waals surface area contributed by atoms with Crippen molar-refractivity contribution in [2.24, 2.45) is 7.05 Å². The van der Waals surface area contributed by atoms with Gasteiger partial charge in [-0.1, -0.05) is 6.07 Å². The normalized spacial score (nSPS) is 10.9. The van der Waals surface area contributed by atoms with Crippen LogP contribution in [0.5, 0.6) is 0 Å². The van der Waals surface area contributed by atoms with Crippen LogP contribution in [0.25, 0.3) is 11.0 Å². The Labute approximate surface area is 128 Å². The third kappa shape index (κ3) is 2.55. The van der Waals surface area contributed by atoms with Crippen molar-refractivity contribution in [2.45, 2.75) is 6.42 Å². The summed E-state index contributed by atoms with van der Waals surface area (Å²) >= 11 is 0. The molecule has 22 heavy (non-hydrogen) atoms. The Morgan fingerprint density at radius 3 is 2.77 bits per heavy atom. The molecule has 3 rings (SSSR count). The average Bonchev–Trinajstić information content (AvgIpc) is 2.85. The van der Waals surface area contributed by atoms with E-state index in [0.29, 0.717) is 11.3 Å². The lowest BCUT2D eigenvalue weighted by atomic mass is 10.1. The number of hydrogen-bond acceptors (Lipinski definition) is 5. The summed E-state index contributed by atoms with van der Waals surface area (Å²) in [7, 11) is 5.66. The molecule has 0 saturated heterocycles. The van der Waals surface area contributed by atoms with Crippen molar-refractivity contribution in [3.8, 4) is 0 Å². The molecule has 0 aliphatic heterocycles. The molecule has 0 bridgehead atoms. The number of aromatic nitrogens is 4. The molecule has 3 aromatic heterocycles. The van der Waals surface area contributed by atoms with E-state index in [1.807, 2.05) is 43.3 Å². The molecule has 0 amide bonds. The van der Waals surface area contributed by atoms with E-state index >= 15 is 0 Å². The second-order valence-electron chi connectivity index (χ2n) is 5.37. The zero-order valence-electron chi connectivity index (χ0n) is 12.8. The van der Waals surface area contributed by atoms with E-state index in [2.05, 4.69) is 15.1 Å². The van der Waals surface area contributed by atoms with Crippen LogP contribution in [-0.4, -0.2) is 39.6 Å². The number of aryl methyl sites for hydroxylation is 1. The van der Waals surface area contributed by atoms with E-state index in [9.17, 15) is 4.79 Å². The molecular formula is C16H17N5O. The molecule has 6 heteroatoms. The van der Waals surface area contributed by atoms with Gasteiger partial charge in [-0.15, -0.1) is 0 Å². The van der Waals surface area contributed by atoms with Crippen molar-refractivity contribution in [1.29, 1.82) is 0 Å². The number of carbonyl (C=O) groups is 1. The van der Waals surface area contributed by atoms with E-state index in [1.165, 1.54) is 0 Å². The second kappa shape index (κ2) is 5.55. The number of fused-ring (bicyclic) bond motifs is 1. The van der Waals surface area contributed by atoms with Gasteiger partial charge in [-0.2, -0.15) is 5.10 Å². The fourth-order valence-electron chi connectivity index (χ4n) is 2.35. The number of nitrogens with zero attached hydrogens (tertiary/aromatic N) is 5. The molecule has 3 aromatic rings. The quantitative estimate of drug-likeness (QED) is 0.687. The molecule has 0 radical (unpaired) electrons. The summed E-state index contributed by atoms with van der Waals surface area (Å²) in [4.78, 5) is 23.0. The predicted molar refractivity (Wildman–Crippen MR) is 85.1 cm³/mol. The van der Waals surface area contributed by atoms with Crippen LogP contribution >= 0.6 is 0 Å². The van der Waals surface area contributed by atoms with Gasteiger partial charge in [0.1, 0.15) is 11.5 Å². The zero-order valence-corrected chi connectivity index (χ0v) is 12.8. The number of pyridine rings is 2. The number of rotatable bonds is 4. The van der Waals surface area contributed by atoms with Crippen LogP contribution in [0.2, 0.25) is 0 Å². The first-order chi connectivity index (χ1) is 10.6. The third-order valence-corrected chi connectivity index (χ3v) is 3.48. The number of ketones is 1. The van der Waals surface area contributed by atoms with Gasteiger partial charge >= 0.3 is 0 Å². The topological polar surface area (TPSA) is 63.9 Å². The van der Waals surface area contributed by atoms with Crippen LogP contribution in [0.1, 0.15) is 16.1 Å². The van der Waals surface area contributed by atoms with Gasteiger partial charge in [0, 0.05) is 40.0 Å². The first-order valence-corrected chi connectivity index (χ1v) is 6.99. The van der Waals surface area contributed by atoms with Gasteiger partial charge < -0.3 is 4.90 Å². The van der Waals surface area contributed by atoms with Gasteiger partial charge in [-0.05, 0) is 23.8 Å². The van der Waals surface area contributed by atoms with Gasteiger partial charge in [-0.25, -0.2) is 9.67 Å². The van der Waals surface area contributed by atoms with Gasteiger partial charge in [0.2, 0.25) is 0 Å². The van der Waals surface area contributed by atoms with Crippen LogP contribution in [0, 0.1) is 0 Å². The Kier molecular flexibility index (Phi) is 3.58. The van der Waals surface area contributed by atoms with Crippen LogP contribution in [0.4, 0.5) is 5.82 Å². The second-order valence-corrected chi connectivity index (χ2v) is 5.37. The third-order valence-electron chi connectivity index (χ3n) is 3.48. The highest BCUT2D eigenvalue weighted by Crippen LogP contribution is 2.21.